The van der Waals surface area contributed by atoms with Crippen LogP contribution in [0.3, 0.4) is 0 Å². The number of rotatable bonds is 8. The van der Waals surface area contributed by atoms with Crippen molar-refractivity contribution in [3.63, 3.8) is 0 Å². The second-order valence-corrected chi connectivity index (χ2v) is 5.58. The summed E-state index contributed by atoms with van der Waals surface area (Å²) < 4.78 is 0. The molecule has 0 saturated heterocycles. The monoisotopic (exact) mass is 404 g/mol. The first-order valence-corrected chi connectivity index (χ1v) is 8.70. The fourth-order valence-corrected chi connectivity index (χ4v) is 1.94. The number of hydrogen-bond donors (Lipinski definition) is 1. The molecule has 4 nitrogen and oxygen atoms in total. The van der Waals surface area contributed by atoms with Gasteiger partial charge in [-0.2, -0.15) is 0 Å². The third-order valence-corrected chi connectivity index (χ3v) is 3.27. The Morgan fingerprint density at radius 1 is 1.04 bits per heavy atom. The van der Waals surface area contributed by atoms with Crippen molar-refractivity contribution in [2.45, 2.75) is 44.9 Å². The van der Waals surface area contributed by atoms with Gasteiger partial charge in [0, 0.05) is 29.7 Å². The van der Waals surface area contributed by atoms with E-state index in [1.165, 1.54) is 0 Å². The van der Waals surface area contributed by atoms with Crippen molar-refractivity contribution in [1.82, 2.24) is 0 Å². The van der Waals surface area contributed by atoms with E-state index in [9.17, 15) is 14.7 Å². The van der Waals surface area contributed by atoms with Crippen molar-refractivity contribution in [3.8, 4) is 11.8 Å². The number of aliphatic carboxylic acids is 2. The smallest absolute Gasteiger partial charge is 0.550 e. The second kappa shape index (κ2) is 18.5. The van der Waals surface area contributed by atoms with Crippen LogP contribution in [0.2, 0.25) is 0 Å². The van der Waals surface area contributed by atoms with Crippen LogP contribution in [0.5, 0.6) is 0 Å². The van der Waals surface area contributed by atoms with Crippen molar-refractivity contribution in [2.24, 2.45) is 0 Å². The first kappa shape index (κ1) is 25.4. The van der Waals surface area contributed by atoms with Gasteiger partial charge in [-0.1, -0.05) is 46.0 Å². The standard InChI is InChI=1S/C13H14O2.C5H9BrO2.Na/c14-13(15)11-7-2-1-4-8-12-9-5-3-6-10-12;6-4-2-1-3-5(7)8;/h3,5-6,9-10H,1-2,7,11H2,(H,14,15);1-4H2,(H,7,8);/q;;+1/p-1. The molecule has 0 unspecified atom stereocenters. The van der Waals surface area contributed by atoms with Gasteiger partial charge in [-0.05, 0) is 44.2 Å². The van der Waals surface area contributed by atoms with Crippen molar-refractivity contribution in [3.05, 3.63) is 35.9 Å². The number of carboxylic acids is 2. The molecule has 0 heterocycles. The molecule has 0 aliphatic carbocycles. The van der Waals surface area contributed by atoms with Crippen LogP contribution in [0.25, 0.3) is 0 Å². The van der Waals surface area contributed by atoms with Gasteiger partial charge >= 0.3 is 35.5 Å². The molecule has 0 bridgehead atoms. The SMILES string of the molecule is O=C(O)CCCCC#Cc1ccccc1.O=C([O-])CCCCBr.[Na+]. The first-order chi connectivity index (χ1) is 11.1. The quantitative estimate of drug-likeness (QED) is 0.286. The number of carbonyl (C=O) groups excluding carboxylic acids is 1. The number of benzene rings is 1. The zero-order valence-corrected chi connectivity index (χ0v) is 17.7. The third kappa shape index (κ3) is 19.2. The molecule has 1 rings (SSSR count). The number of carbonyl (C=O) groups is 2. The van der Waals surface area contributed by atoms with Gasteiger partial charge in [0.05, 0.1) is 0 Å². The number of carboxylic acid groups (broad SMARTS) is 2. The van der Waals surface area contributed by atoms with Crippen molar-refractivity contribution in [1.29, 1.82) is 0 Å². The van der Waals surface area contributed by atoms with Gasteiger partial charge in [0.15, 0.2) is 0 Å². The van der Waals surface area contributed by atoms with Crippen LogP contribution in [0.1, 0.15) is 50.5 Å². The molecule has 1 aromatic rings. The Labute approximate surface area is 174 Å². The van der Waals surface area contributed by atoms with E-state index in [4.69, 9.17) is 5.11 Å². The molecular formula is C18H22BrNaO4. The van der Waals surface area contributed by atoms with Crippen molar-refractivity contribution < 1.29 is 49.4 Å². The zero-order valence-electron chi connectivity index (χ0n) is 14.1. The van der Waals surface area contributed by atoms with Crippen LogP contribution in [-0.4, -0.2) is 22.4 Å². The van der Waals surface area contributed by atoms with Crippen LogP contribution < -0.4 is 34.7 Å². The summed E-state index contributed by atoms with van der Waals surface area (Å²) in [6, 6.07) is 9.79. The molecule has 0 fully saturated rings. The van der Waals surface area contributed by atoms with Crippen molar-refractivity contribution in [2.75, 3.05) is 5.33 Å². The van der Waals surface area contributed by atoms with Crippen LogP contribution in [-0.2, 0) is 9.59 Å². The maximum absolute atomic E-state index is 10.2. The minimum Gasteiger partial charge on any atom is -0.550 e. The molecule has 0 spiro atoms. The molecule has 0 atom stereocenters. The Bertz CT molecular complexity index is 509. The summed E-state index contributed by atoms with van der Waals surface area (Å²) in [7, 11) is 0. The maximum Gasteiger partial charge on any atom is 1.00 e. The second-order valence-electron chi connectivity index (χ2n) is 4.79. The van der Waals surface area contributed by atoms with Gasteiger partial charge < -0.3 is 15.0 Å². The summed E-state index contributed by atoms with van der Waals surface area (Å²) in [5.74, 6) is 4.38. The number of alkyl halides is 1. The molecule has 0 aliphatic heterocycles. The summed E-state index contributed by atoms with van der Waals surface area (Å²) >= 11 is 3.19. The van der Waals surface area contributed by atoms with E-state index in [2.05, 4.69) is 27.8 Å². The molecule has 6 heteroatoms. The molecule has 126 valence electrons. The molecule has 1 aromatic carbocycles. The Morgan fingerprint density at radius 3 is 2.21 bits per heavy atom. The van der Waals surface area contributed by atoms with E-state index in [0.717, 1.165) is 30.2 Å². The topological polar surface area (TPSA) is 77.4 Å². The van der Waals surface area contributed by atoms with E-state index in [1.54, 1.807) is 0 Å². The van der Waals surface area contributed by atoms with E-state index in [1.807, 2.05) is 30.3 Å². The Kier molecular flexibility index (Phi) is 19.6. The summed E-state index contributed by atoms with van der Waals surface area (Å²) in [6.07, 6.45) is 4.38. The minimum absolute atomic E-state index is 0. The Morgan fingerprint density at radius 2 is 1.67 bits per heavy atom. The van der Waals surface area contributed by atoms with Gasteiger partial charge in [-0.25, -0.2) is 0 Å². The van der Waals surface area contributed by atoms with E-state index in [-0.39, 0.29) is 42.4 Å². The number of halogens is 1. The molecule has 0 radical (unpaired) electrons. The fourth-order valence-electron chi connectivity index (χ4n) is 1.54. The number of unbranched alkanes of at least 4 members (excludes halogenated alkanes) is 3. The van der Waals surface area contributed by atoms with E-state index in [0.29, 0.717) is 12.8 Å². The predicted molar refractivity (Wildman–Crippen MR) is 92.1 cm³/mol. The Balaban J connectivity index is 0. The summed E-state index contributed by atoms with van der Waals surface area (Å²) in [4.78, 5) is 20.0. The summed E-state index contributed by atoms with van der Waals surface area (Å²) in [6.45, 7) is 0. The van der Waals surface area contributed by atoms with Gasteiger partial charge in [-0.15, -0.1) is 0 Å². The van der Waals surface area contributed by atoms with E-state index >= 15 is 0 Å². The largest absolute Gasteiger partial charge is 1.00 e. The summed E-state index contributed by atoms with van der Waals surface area (Å²) in [5, 5.41) is 19.0. The van der Waals surface area contributed by atoms with Crippen LogP contribution in [0.15, 0.2) is 30.3 Å². The van der Waals surface area contributed by atoms with Crippen LogP contribution in [0.4, 0.5) is 0 Å². The first-order valence-electron chi connectivity index (χ1n) is 7.57. The average molecular weight is 405 g/mol. The van der Waals surface area contributed by atoms with Crippen LogP contribution in [0, 0.1) is 11.8 Å². The molecule has 0 saturated carbocycles. The van der Waals surface area contributed by atoms with Gasteiger partial charge in [0.2, 0.25) is 0 Å². The molecule has 0 aromatic heterocycles. The van der Waals surface area contributed by atoms with E-state index < -0.39 is 11.9 Å². The van der Waals surface area contributed by atoms with Gasteiger partial charge in [0.25, 0.3) is 0 Å². The number of hydrogen-bond acceptors (Lipinski definition) is 3. The predicted octanol–water partition coefficient (Wildman–Crippen LogP) is -0.0114. The zero-order chi connectivity index (χ0) is 17.3. The van der Waals surface area contributed by atoms with Gasteiger partial charge in [0.1, 0.15) is 0 Å². The minimum atomic E-state index is -0.953. The molecular weight excluding hydrogens is 383 g/mol. The van der Waals surface area contributed by atoms with Crippen LogP contribution >= 0.6 is 15.9 Å². The van der Waals surface area contributed by atoms with Crippen molar-refractivity contribution >= 4 is 27.9 Å². The molecule has 1 N–H and O–H groups in total. The average Bonchev–Trinajstić information content (AvgIpc) is 2.52. The molecule has 24 heavy (non-hydrogen) atoms. The molecule has 0 aliphatic rings. The summed E-state index contributed by atoms with van der Waals surface area (Å²) in [5.41, 5.74) is 1.01. The molecule has 0 amide bonds. The normalized spacial score (nSPS) is 8.71. The maximum atomic E-state index is 10.2. The Hall–Kier alpha value is -0.800. The third-order valence-electron chi connectivity index (χ3n) is 2.71. The van der Waals surface area contributed by atoms with Gasteiger partial charge in [-0.3, -0.25) is 4.79 Å². The fraction of sp³-hybridized carbons (Fsp3) is 0.444.